The second-order valence-corrected chi connectivity index (χ2v) is 4.64. The van der Waals surface area contributed by atoms with Crippen LogP contribution in [-0.2, 0) is 4.79 Å². The molecule has 1 aliphatic rings. The Labute approximate surface area is 91.6 Å². The minimum absolute atomic E-state index is 0.145. The molecule has 1 rings (SSSR count). The molecule has 1 saturated heterocycles. The zero-order chi connectivity index (χ0) is 11.3. The SMILES string of the molecule is CN(CCCO)C(=O)[C@]1(C)CCCNC1. The number of hydrogen-bond donors (Lipinski definition) is 2. The molecule has 1 fully saturated rings. The number of carbonyl (C=O) groups excluding carboxylic acids is 1. The second kappa shape index (κ2) is 5.47. The third-order valence-corrected chi connectivity index (χ3v) is 3.11. The van der Waals surface area contributed by atoms with E-state index in [1.165, 1.54) is 0 Å². The molecule has 1 heterocycles. The van der Waals surface area contributed by atoms with Gasteiger partial charge in [0.15, 0.2) is 0 Å². The van der Waals surface area contributed by atoms with Crippen LogP contribution in [0, 0.1) is 5.41 Å². The fourth-order valence-corrected chi connectivity index (χ4v) is 2.11. The maximum absolute atomic E-state index is 12.1. The lowest BCUT2D eigenvalue weighted by atomic mass is 9.81. The predicted octanol–water partition coefficient (Wildman–Crippen LogP) is 0.217. The van der Waals surface area contributed by atoms with Gasteiger partial charge in [0.2, 0.25) is 5.91 Å². The first-order chi connectivity index (χ1) is 7.10. The van der Waals surface area contributed by atoms with Crippen LogP contribution in [0.2, 0.25) is 0 Å². The molecule has 0 aliphatic carbocycles. The summed E-state index contributed by atoms with van der Waals surface area (Å²) < 4.78 is 0. The summed E-state index contributed by atoms with van der Waals surface area (Å²) in [5, 5.41) is 12.0. The van der Waals surface area contributed by atoms with E-state index in [2.05, 4.69) is 5.32 Å². The third-order valence-electron chi connectivity index (χ3n) is 3.11. The van der Waals surface area contributed by atoms with E-state index in [4.69, 9.17) is 5.11 Å². The van der Waals surface area contributed by atoms with Crippen molar-refractivity contribution in [3.8, 4) is 0 Å². The van der Waals surface area contributed by atoms with Crippen LogP contribution in [-0.4, -0.2) is 49.2 Å². The van der Waals surface area contributed by atoms with Gasteiger partial charge < -0.3 is 15.3 Å². The number of carbonyl (C=O) groups is 1. The minimum Gasteiger partial charge on any atom is -0.396 e. The Morgan fingerprint density at radius 2 is 2.33 bits per heavy atom. The van der Waals surface area contributed by atoms with E-state index in [0.717, 1.165) is 25.9 Å². The maximum Gasteiger partial charge on any atom is 0.229 e. The number of piperidine rings is 1. The summed E-state index contributed by atoms with van der Waals surface area (Å²) in [6.07, 6.45) is 2.68. The molecule has 2 N–H and O–H groups in total. The number of aliphatic hydroxyl groups excluding tert-OH is 1. The Kier molecular flexibility index (Phi) is 4.54. The average Bonchev–Trinajstić information content (AvgIpc) is 2.26. The molecular weight excluding hydrogens is 192 g/mol. The minimum atomic E-state index is -0.248. The first-order valence-electron chi connectivity index (χ1n) is 5.67. The second-order valence-electron chi connectivity index (χ2n) is 4.64. The fourth-order valence-electron chi connectivity index (χ4n) is 2.11. The van der Waals surface area contributed by atoms with Crippen LogP contribution >= 0.6 is 0 Å². The zero-order valence-electron chi connectivity index (χ0n) is 9.75. The first kappa shape index (κ1) is 12.5. The third kappa shape index (κ3) is 3.18. The van der Waals surface area contributed by atoms with E-state index < -0.39 is 0 Å². The van der Waals surface area contributed by atoms with Crippen molar-refractivity contribution in [2.75, 3.05) is 33.3 Å². The van der Waals surface area contributed by atoms with Crippen molar-refractivity contribution >= 4 is 5.91 Å². The number of aliphatic hydroxyl groups is 1. The number of rotatable bonds is 4. The lowest BCUT2D eigenvalue weighted by Crippen LogP contribution is -2.49. The van der Waals surface area contributed by atoms with E-state index in [1.54, 1.807) is 4.90 Å². The molecule has 15 heavy (non-hydrogen) atoms. The molecule has 0 aromatic heterocycles. The van der Waals surface area contributed by atoms with Crippen molar-refractivity contribution in [1.82, 2.24) is 10.2 Å². The van der Waals surface area contributed by atoms with Crippen LogP contribution in [0.5, 0.6) is 0 Å². The van der Waals surface area contributed by atoms with E-state index in [-0.39, 0.29) is 17.9 Å². The van der Waals surface area contributed by atoms with Crippen LogP contribution in [0.4, 0.5) is 0 Å². The first-order valence-corrected chi connectivity index (χ1v) is 5.67. The molecule has 0 radical (unpaired) electrons. The molecule has 0 saturated carbocycles. The summed E-state index contributed by atoms with van der Waals surface area (Å²) >= 11 is 0. The van der Waals surface area contributed by atoms with Crippen LogP contribution in [0.15, 0.2) is 0 Å². The van der Waals surface area contributed by atoms with Gasteiger partial charge in [-0.15, -0.1) is 0 Å². The van der Waals surface area contributed by atoms with Gasteiger partial charge in [0.25, 0.3) is 0 Å². The van der Waals surface area contributed by atoms with E-state index in [0.29, 0.717) is 13.0 Å². The molecule has 4 nitrogen and oxygen atoms in total. The molecule has 1 atom stereocenters. The molecule has 1 aliphatic heterocycles. The summed E-state index contributed by atoms with van der Waals surface area (Å²) in [5.41, 5.74) is -0.248. The average molecular weight is 214 g/mol. The standard InChI is InChI=1S/C11H22N2O2/c1-11(5-3-6-12-9-11)10(15)13(2)7-4-8-14/h12,14H,3-9H2,1-2H3/t11-/m1/s1. The molecule has 1 amide bonds. The summed E-state index contributed by atoms with van der Waals surface area (Å²) in [6.45, 7) is 4.60. The highest BCUT2D eigenvalue weighted by Crippen LogP contribution is 2.27. The number of nitrogens with one attached hydrogen (secondary N) is 1. The highest BCUT2D eigenvalue weighted by Gasteiger charge is 2.36. The van der Waals surface area contributed by atoms with Crippen molar-refractivity contribution in [2.24, 2.45) is 5.41 Å². The van der Waals surface area contributed by atoms with Gasteiger partial charge in [-0.2, -0.15) is 0 Å². The van der Waals surface area contributed by atoms with Gasteiger partial charge in [-0.3, -0.25) is 4.79 Å². The normalized spacial score (nSPS) is 26.3. The topological polar surface area (TPSA) is 52.6 Å². The van der Waals surface area contributed by atoms with Crippen LogP contribution in [0.3, 0.4) is 0 Å². The zero-order valence-corrected chi connectivity index (χ0v) is 9.75. The highest BCUT2D eigenvalue weighted by molar-refractivity contribution is 5.82. The Bertz CT molecular complexity index is 213. The van der Waals surface area contributed by atoms with Crippen LogP contribution in [0.1, 0.15) is 26.2 Å². The largest absolute Gasteiger partial charge is 0.396 e. The van der Waals surface area contributed by atoms with Crippen molar-refractivity contribution in [3.05, 3.63) is 0 Å². The molecule has 4 heteroatoms. The van der Waals surface area contributed by atoms with Crippen molar-refractivity contribution in [2.45, 2.75) is 26.2 Å². The van der Waals surface area contributed by atoms with Gasteiger partial charge in [-0.25, -0.2) is 0 Å². The molecule has 0 spiro atoms. The van der Waals surface area contributed by atoms with Gasteiger partial charge in [-0.05, 0) is 32.7 Å². The molecule has 0 aromatic rings. The molecular formula is C11H22N2O2. The van der Waals surface area contributed by atoms with Gasteiger partial charge in [0.05, 0.1) is 5.41 Å². The van der Waals surface area contributed by atoms with Crippen LogP contribution in [0.25, 0.3) is 0 Å². The molecule has 0 unspecified atom stereocenters. The number of nitrogens with zero attached hydrogens (tertiary/aromatic N) is 1. The van der Waals surface area contributed by atoms with Gasteiger partial charge in [0.1, 0.15) is 0 Å². The molecule has 0 bridgehead atoms. The van der Waals surface area contributed by atoms with Crippen molar-refractivity contribution in [3.63, 3.8) is 0 Å². The Balaban J connectivity index is 2.49. The Morgan fingerprint density at radius 3 is 2.87 bits per heavy atom. The quantitative estimate of drug-likeness (QED) is 0.704. The van der Waals surface area contributed by atoms with Gasteiger partial charge >= 0.3 is 0 Å². The highest BCUT2D eigenvalue weighted by atomic mass is 16.3. The maximum atomic E-state index is 12.1. The molecule has 0 aromatic carbocycles. The summed E-state index contributed by atoms with van der Waals surface area (Å²) in [6, 6.07) is 0. The summed E-state index contributed by atoms with van der Waals surface area (Å²) in [7, 11) is 1.82. The predicted molar refractivity (Wildman–Crippen MR) is 59.6 cm³/mol. The van der Waals surface area contributed by atoms with E-state index >= 15 is 0 Å². The van der Waals surface area contributed by atoms with Crippen molar-refractivity contribution < 1.29 is 9.90 Å². The van der Waals surface area contributed by atoms with Gasteiger partial charge in [0, 0.05) is 26.7 Å². The van der Waals surface area contributed by atoms with E-state index in [1.807, 2.05) is 14.0 Å². The monoisotopic (exact) mass is 214 g/mol. The van der Waals surface area contributed by atoms with Gasteiger partial charge in [-0.1, -0.05) is 0 Å². The van der Waals surface area contributed by atoms with Crippen LogP contribution < -0.4 is 5.32 Å². The lowest BCUT2D eigenvalue weighted by Gasteiger charge is -2.36. The summed E-state index contributed by atoms with van der Waals surface area (Å²) in [5.74, 6) is 0.197. The van der Waals surface area contributed by atoms with E-state index in [9.17, 15) is 4.79 Å². The fraction of sp³-hybridized carbons (Fsp3) is 0.909. The number of amides is 1. The molecule has 88 valence electrons. The number of hydrogen-bond acceptors (Lipinski definition) is 3. The smallest absolute Gasteiger partial charge is 0.229 e. The van der Waals surface area contributed by atoms with Crippen molar-refractivity contribution in [1.29, 1.82) is 0 Å². The summed E-state index contributed by atoms with van der Waals surface area (Å²) in [4.78, 5) is 13.9. The Hall–Kier alpha value is -0.610. The lowest BCUT2D eigenvalue weighted by molar-refractivity contribution is -0.140. The Morgan fingerprint density at radius 1 is 1.60 bits per heavy atom.